The Hall–Kier alpha value is -3.49. The van der Waals surface area contributed by atoms with Crippen LogP contribution in [-0.4, -0.2) is 44.9 Å². The van der Waals surface area contributed by atoms with Crippen LogP contribution in [0.2, 0.25) is 0 Å². The van der Waals surface area contributed by atoms with Gasteiger partial charge in [-0.05, 0) is 62.3 Å². The monoisotopic (exact) mass is 481 g/mol. The molecule has 2 aromatic heterocycles. The fraction of sp³-hybridized carbons (Fsp3) is 0.385. The zero-order chi connectivity index (χ0) is 24.6. The Bertz CT molecular complexity index is 1210. The van der Waals surface area contributed by atoms with Crippen LogP contribution >= 0.6 is 0 Å². The maximum atomic E-state index is 13.9. The van der Waals surface area contributed by atoms with Crippen molar-refractivity contribution >= 4 is 11.7 Å². The summed E-state index contributed by atoms with van der Waals surface area (Å²) >= 11 is 0. The van der Waals surface area contributed by atoms with Crippen LogP contribution in [0.15, 0.2) is 55.0 Å². The van der Waals surface area contributed by atoms with Crippen LogP contribution in [0.3, 0.4) is 0 Å². The average molecular weight is 482 g/mol. The van der Waals surface area contributed by atoms with Crippen LogP contribution < -0.4 is 5.32 Å². The fourth-order valence-corrected chi connectivity index (χ4v) is 4.84. The Morgan fingerprint density at radius 2 is 1.89 bits per heavy atom. The second-order valence-electron chi connectivity index (χ2n) is 9.54. The molecule has 1 amide bonds. The van der Waals surface area contributed by atoms with E-state index >= 15 is 0 Å². The Balaban J connectivity index is 1.38. The first-order chi connectivity index (χ1) is 16.7. The molecule has 1 spiro atoms. The minimum absolute atomic E-state index is 0.0844. The highest BCUT2D eigenvalue weighted by Crippen LogP contribution is 2.55. The third-order valence-electron chi connectivity index (χ3n) is 7.03. The molecule has 3 aromatic rings. The molecule has 35 heavy (non-hydrogen) atoms. The number of hydrogen-bond acceptors (Lipinski definition) is 5. The van der Waals surface area contributed by atoms with Crippen molar-refractivity contribution < 1.29 is 18.0 Å². The second kappa shape index (κ2) is 8.94. The SMILES string of the molecule is Cc1ccc(-c2ncccn2)c(C(=O)N2CCC3(CC3)C[C@H]2CNc2ccc(C(F)(F)F)cn2)c1. The first kappa shape index (κ1) is 23.3. The number of nitrogens with zero attached hydrogens (tertiary/aromatic N) is 4. The zero-order valence-corrected chi connectivity index (χ0v) is 19.3. The van der Waals surface area contributed by atoms with Gasteiger partial charge in [0, 0.05) is 43.3 Å². The minimum Gasteiger partial charge on any atom is -0.368 e. The summed E-state index contributed by atoms with van der Waals surface area (Å²) in [4.78, 5) is 28.3. The molecule has 9 heteroatoms. The summed E-state index contributed by atoms with van der Waals surface area (Å²) < 4.78 is 38.6. The number of nitrogens with one attached hydrogen (secondary N) is 1. The number of hydrogen-bond donors (Lipinski definition) is 1. The van der Waals surface area contributed by atoms with Crippen molar-refractivity contribution in [1.82, 2.24) is 19.9 Å². The molecule has 2 aliphatic rings. The van der Waals surface area contributed by atoms with Gasteiger partial charge in [-0.15, -0.1) is 0 Å². The maximum Gasteiger partial charge on any atom is 0.417 e. The van der Waals surface area contributed by atoms with E-state index in [1.807, 2.05) is 30.0 Å². The van der Waals surface area contributed by atoms with Gasteiger partial charge >= 0.3 is 6.18 Å². The van der Waals surface area contributed by atoms with E-state index in [4.69, 9.17) is 0 Å². The fourth-order valence-electron chi connectivity index (χ4n) is 4.84. The van der Waals surface area contributed by atoms with Crippen LogP contribution in [0.5, 0.6) is 0 Å². The smallest absolute Gasteiger partial charge is 0.368 e. The second-order valence-corrected chi connectivity index (χ2v) is 9.54. The molecule has 5 rings (SSSR count). The van der Waals surface area contributed by atoms with Crippen LogP contribution in [0.1, 0.15) is 47.2 Å². The van der Waals surface area contributed by atoms with E-state index in [1.54, 1.807) is 18.5 Å². The summed E-state index contributed by atoms with van der Waals surface area (Å²) in [6.07, 6.45) is 3.81. The van der Waals surface area contributed by atoms with E-state index in [0.717, 1.165) is 43.5 Å². The number of anilines is 1. The lowest BCUT2D eigenvalue weighted by Gasteiger charge is -2.40. The molecule has 1 N–H and O–H groups in total. The predicted molar refractivity (Wildman–Crippen MR) is 126 cm³/mol. The molecule has 1 aromatic carbocycles. The zero-order valence-electron chi connectivity index (χ0n) is 19.3. The topological polar surface area (TPSA) is 71.0 Å². The number of halogens is 3. The van der Waals surface area contributed by atoms with Crippen LogP contribution in [0, 0.1) is 12.3 Å². The number of amides is 1. The molecule has 0 unspecified atom stereocenters. The molecule has 1 saturated carbocycles. The van der Waals surface area contributed by atoms with Crippen molar-refractivity contribution in [3.63, 3.8) is 0 Å². The number of carbonyl (C=O) groups excluding carboxylic acids is 1. The van der Waals surface area contributed by atoms with Crippen LogP contribution in [0.4, 0.5) is 19.0 Å². The summed E-state index contributed by atoms with van der Waals surface area (Å²) in [6.45, 7) is 2.99. The van der Waals surface area contributed by atoms with Gasteiger partial charge in [-0.2, -0.15) is 13.2 Å². The number of benzene rings is 1. The first-order valence-electron chi connectivity index (χ1n) is 11.7. The average Bonchev–Trinajstić information content (AvgIpc) is 3.61. The highest BCUT2D eigenvalue weighted by atomic mass is 19.4. The number of likely N-dealkylation sites (tertiary alicyclic amines) is 1. The highest BCUT2D eigenvalue weighted by molar-refractivity contribution is 6.00. The minimum atomic E-state index is -4.43. The molecule has 3 heterocycles. The summed E-state index contributed by atoms with van der Waals surface area (Å²) in [7, 11) is 0. The van der Waals surface area contributed by atoms with E-state index in [9.17, 15) is 18.0 Å². The van der Waals surface area contributed by atoms with Crippen molar-refractivity contribution in [3.8, 4) is 11.4 Å². The Morgan fingerprint density at radius 3 is 2.54 bits per heavy atom. The summed E-state index contributed by atoms with van der Waals surface area (Å²) in [5.41, 5.74) is 1.69. The van der Waals surface area contributed by atoms with Gasteiger partial charge in [0.1, 0.15) is 5.82 Å². The Labute approximate surface area is 201 Å². The Morgan fingerprint density at radius 1 is 1.11 bits per heavy atom. The van der Waals surface area contributed by atoms with Gasteiger partial charge < -0.3 is 10.2 Å². The van der Waals surface area contributed by atoms with E-state index in [-0.39, 0.29) is 17.4 Å². The number of pyridine rings is 1. The van der Waals surface area contributed by atoms with Crippen molar-refractivity contribution in [2.24, 2.45) is 5.41 Å². The molecule has 1 aliphatic heterocycles. The number of alkyl halides is 3. The van der Waals surface area contributed by atoms with Gasteiger partial charge in [0.25, 0.3) is 5.91 Å². The molecule has 0 bridgehead atoms. The third-order valence-corrected chi connectivity index (χ3v) is 7.03. The molecule has 1 atom stereocenters. The van der Waals surface area contributed by atoms with Gasteiger partial charge in [-0.25, -0.2) is 15.0 Å². The number of piperidine rings is 1. The maximum absolute atomic E-state index is 13.9. The lowest BCUT2D eigenvalue weighted by atomic mass is 9.87. The van der Waals surface area contributed by atoms with E-state index in [2.05, 4.69) is 20.3 Å². The molecule has 0 radical (unpaired) electrons. The van der Waals surface area contributed by atoms with Crippen LogP contribution in [0.25, 0.3) is 11.4 Å². The number of carbonyl (C=O) groups is 1. The molecule has 182 valence electrons. The lowest BCUT2D eigenvalue weighted by molar-refractivity contribution is -0.137. The summed E-state index contributed by atoms with van der Waals surface area (Å²) in [5, 5.41) is 3.16. The lowest BCUT2D eigenvalue weighted by Crippen LogP contribution is -2.50. The molecular weight excluding hydrogens is 455 g/mol. The summed E-state index contributed by atoms with van der Waals surface area (Å²) in [5.74, 6) is 0.767. The molecule has 1 aliphatic carbocycles. The molecule has 6 nitrogen and oxygen atoms in total. The normalized spacial score (nSPS) is 19.0. The van der Waals surface area contributed by atoms with E-state index in [0.29, 0.717) is 35.9 Å². The van der Waals surface area contributed by atoms with Crippen molar-refractivity contribution in [1.29, 1.82) is 0 Å². The third kappa shape index (κ3) is 4.99. The Kier molecular flexibility index (Phi) is 5.94. The molecule has 1 saturated heterocycles. The number of rotatable bonds is 5. The van der Waals surface area contributed by atoms with Crippen molar-refractivity contribution in [2.75, 3.05) is 18.4 Å². The van der Waals surface area contributed by atoms with E-state index in [1.165, 1.54) is 6.07 Å². The van der Waals surface area contributed by atoms with Gasteiger partial charge in [-0.3, -0.25) is 4.79 Å². The molecular formula is C26H26F3N5O. The van der Waals surface area contributed by atoms with Crippen molar-refractivity contribution in [3.05, 3.63) is 71.7 Å². The quantitative estimate of drug-likeness (QED) is 0.531. The number of aromatic nitrogens is 3. The first-order valence-corrected chi connectivity index (χ1v) is 11.7. The summed E-state index contributed by atoms with van der Waals surface area (Å²) in [6, 6.07) is 9.66. The van der Waals surface area contributed by atoms with Gasteiger partial charge in [0.15, 0.2) is 5.82 Å². The number of aryl methyl sites for hydroxylation is 1. The standard InChI is InChI=1S/C26H26F3N5O/c1-17-3-5-20(23-30-10-2-11-31-23)21(13-17)24(35)34-12-9-25(7-8-25)14-19(34)16-33-22-6-4-18(15-32-22)26(27,28)29/h2-6,10-11,13,15,19H,7-9,12,14,16H2,1H3,(H,32,33)/t19-/m0/s1. The van der Waals surface area contributed by atoms with Crippen molar-refractivity contribution in [2.45, 2.75) is 44.8 Å². The van der Waals surface area contributed by atoms with Gasteiger partial charge in [0.05, 0.1) is 11.1 Å². The molecule has 2 fully saturated rings. The van der Waals surface area contributed by atoms with Gasteiger partial charge in [0.2, 0.25) is 0 Å². The predicted octanol–water partition coefficient (Wildman–Crippen LogP) is 5.36. The van der Waals surface area contributed by atoms with E-state index < -0.39 is 11.7 Å². The largest absolute Gasteiger partial charge is 0.417 e. The highest BCUT2D eigenvalue weighted by Gasteiger charge is 2.49. The van der Waals surface area contributed by atoms with Crippen LogP contribution in [-0.2, 0) is 6.18 Å². The van der Waals surface area contributed by atoms with Gasteiger partial charge in [-0.1, -0.05) is 17.7 Å².